The van der Waals surface area contributed by atoms with Crippen molar-refractivity contribution >= 4 is 14.0 Å². The van der Waals surface area contributed by atoms with Crippen molar-refractivity contribution in [3.8, 4) is 0 Å². The van der Waals surface area contributed by atoms with Gasteiger partial charge in [0, 0.05) is 24.8 Å². The first-order chi connectivity index (χ1) is 16.5. The fraction of sp³-hybridized carbons (Fsp3) is 0.962. The molecule has 35 heavy (non-hydrogen) atoms. The second-order valence-corrected chi connectivity index (χ2v) is 13.6. The number of hydrogen-bond acceptors (Lipinski definition) is 8. The fourth-order valence-corrected chi connectivity index (χ4v) is 10.6. The first-order valence-electron chi connectivity index (χ1n) is 13.5. The number of hydrogen-bond donors (Lipinski definition) is 4. The molecule has 200 valence electrons. The van der Waals surface area contributed by atoms with Gasteiger partial charge in [-0.05, 0) is 79.4 Å². The molecule has 0 heterocycles. The Morgan fingerprint density at radius 1 is 1.11 bits per heavy atom. The summed E-state index contributed by atoms with van der Waals surface area (Å²) in [5.41, 5.74) is 3.82. The molecule has 8 nitrogen and oxygen atoms in total. The highest BCUT2D eigenvalue weighted by Gasteiger charge is 2.69. The Morgan fingerprint density at radius 3 is 2.49 bits per heavy atom. The fourth-order valence-electron chi connectivity index (χ4n) is 9.31. The first kappa shape index (κ1) is 27.4. The van der Waals surface area contributed by atoms with E-state index in [1.165, 1.54) is 0 Å². The molecule has 0 aromatic rings. The van der Waals surface area contributed by atoms with Crippen molar-refractivity contribution in [3.05, 3.63) is 0 Å². The maximum atomic E-state index is 12.4. The monoisotopic (exact) mass is 513 g/mol. The zero-order valence-electron chi connectivity index (χ0n) is 21.3. The third-order valence-electron chi connectivity index (χ3n) is 11.1. The molecule has 4 saturated carbocycles. The molecule has 4 fully saturated rings. The molecule has 0 spiro atoms. The first-order valence-corrected chi connectivity index (χ1v) is 14.7. The van der Waals surface area contributed by atoms with E-state index < -0.39 is 42.8 Å². The minimum atomic E-state index is -2.73. The molecule has 4 aliphatic carbocycles. The summed E-state index contributed by atoms with van der Waals surface area (Å²) in [4.78, 5) is 24.4. The topological polar surface area (TPSA) is 153 Å². The van der Waals surface area contributed by atoms with Crippen molar-refractivity contribution in [3.63, 3.8) is 0 Å². The Bertz CT molecular complexity index is 813. The number of fused-ring (bicyclic) bond motifs is 5. The van der Waals surface area contributed by atoms with Crippen LogP contribution in [0, 0.1) is 46.3 Å². The van der Waals surface area contributed by atoms with Crippen LogP contribution in [0.3, 0.4) is 0 Å². The van der Waals surface area contributed by atoms with E-state index in [0.29, 0.717) is 38.6 Å². The molecule has 0 bridgehead atoms. The SMILES string of the molecule is CC(CCC(=O)OCCN)C1CCC2C3C(O)CC4CC(O)CC([P+](=O)[O-])C4(C)C3CC(O)C12C. The minimum absolute atomic E-state index is 0.0657. The average molecular weight is 514 g/mol. The number of carbonyl (C=O) groups is 1. The maximum absolute atomic E-state index is 12.4. The predicted octanol–water partition coefficient (Wildman–Crippen LogP) is 1.95. The van der Waals surface area contributed by atoms with Gasteiger partial charge in [0.05, 0.1) is 18.3 Å². The number of esters is 1. The van der Waals surface area contributed by atoms with Crippen LogP contribution in [0.15, 0.2) is 0 Å². The molecule has 0 radical (unpaired) electrons. The van der Waals surface area contributed by atoms with Crippen LogP contribution < -0.4 is 10.6 Å². The number of aliphatic hydroxyl groups is 3. The van der Waals surface area contributed by atoms with E-state index in [4.69, 9.17) is 10.5 Å². The summed E-state index contributed by atoms with van der Waals surface area (Å²) < 4.78 is 17.5. The molecule has 0 aromatic heterocycles. The van der Waals surface area contributed by atoms with Gasteiger partial charge >= 0.3 is 14.0 Å². The van der Waals surface area contributed by atoms with Gasteiger partial charge in [-0.1, -0.05) is 25.3 Å². The third kappa shape index (κ3) is 4.51. The molecular formula is C26H44NO7P. The third-order valence-corrected chi connectivity index (χ3v) is 12.3. The quantitative estimate of drug-likeness (QED) is 0.298. The second-order valence-electron chi connectivity index (χ2n) is 12.4. The summed E-state index contributed by atoms with van der Waals surface area (Å²) in [6.45, 7) is 6.86. The number of aliphatic hydroxyl groups excluding tert-OH is 3. The van der Waals surface area contributed by atoms with E-state index in [-0.39, 0.29) is 54.5 Å². The molecule has 0 amide bonds. The summed E-state index contributed by atoms with van der Waals surface area (Å²) in [6.07, 6.45) is 2.70. The van der Waals surface area contributed by atoms with E-state index in [2.05, 4.69) is 13.8 Å². The lowest BCUT2D eigenvalue weighted by atomic mass is 9.43. The van der Waals surface area contributed by atoms with Crippen LogP contribution in [-0.4, -0.2) is 58.4 Å². The van der Waals surface area contributed by atoms with Gasteiger partial charge in [0.15, 0.2) is 5.66 Å². The number of carbonyl (C=O) groups excluding carboxylic acids is 1. The van der Waals surface area contributed by atoms with Crippen LogP contribution in [0.2, 0.25) is 0 Å². The Kier molecular flexibility index (Phi) is 8.04. The van der Waals surface area contributed by atoms with Crippen molar-refractivity contribution in [2.75, 3.05) is 13.2 Å². The summed E-state index contributed by atoms with van der Waals surface area (Å²) in [5.74, 6) is 0.0255. The van der Waals surface area contributed by atoms with Crippen molar-refractivity contribution in [1.29, 1.82) is 0 Å². The highest BCUT2D eigenvalue weighted by Crippen LogP contribution is 2.69. The molecule has 9 heteroatoms. The van der Waals surface area contributed by atoms with Gasteiger partial charge in [-0.15, -0.1) is 0 Å². The molecule has 0 aromatic carbocycles. The van der Waals surface area contributed by atoms with Crippen molar-refractivity contribution < 1.29 is 34.3 Å². The Labute approximate surface area is 209 Å². The Balaban J connectivity index is 1.57. The van der Waals surface area contributed by atoms with Crippen molar-refractivity contribution in [1.82, 2.24) is 0 Å². The Hall–Kier alpha value is -0.630. The van der Waals surface area contributed by atoms with Crippen LogP contribution in [-0.2, 0) is 14.1 Å². The number of nitrogens with two attached hydrogens (primary N) is 1. The molecule has 0 saturated heterocycles. The van der Waals surface area contributed by atoms with Gasteiger partial charge < -0.3 is 30.7 Å². The standard InChI is InChI=1S/C26H44NO7P/c1-14(4-7-23(31)34-9-8-27)17-5-6-18-24-19(13-21(30)26(17,18)3)25(2)15(11-20(24)29)10-16(28)12-22(25)35(32)33/h14-22,24,28-30H,4-13,27H2,1-3H3. The van der Waals surface area contributed by atoms with Gasteiger partial charge in [0.2, 0.25) is 0 Å². The molecule has 4 aliphatic rings. The lowest BCUT2D eigenvalue weighted by molar-refractivity contribution is -0.215. The zero-order valence-corrected chi connectivity index (χ0v) is 22.2. The number of rotatable bonds is 7. The normalized spacial score (nSPS) is 48.3. The summed E-state index contributed by atoms with van der Waals surface area (Å²) in [7, 11) is -2.73. The van der Waals surface area contributed by atoms with E-state index in [1.807, 2.05) is 6.92 Å². The van der Waals surface area contributed by atoms with Crippen LogP contribution in [0.4, 0.5) is 0 Å². The lowest BCUT2D eigenvalue weighted by Crippen LogP contribution is -2.65. The molecule has 13 atom stereocenters. The highest BCUT2D eigenvalue weighted by atomic mass is 31.1. The molecule has 4 rings (SSSR count). The van der Waals surface area contributed by atoms with E-state index >= 15 is 0 Å². The van der Waals surface area contributed by atoms with Gasteiger partial charge in [0.25, 0.3) is 0 Å². The summed E-state index contributed by atoms with van der Waals surface area (Å²) in [5, 5.41) is 33.5. The van der Waals surface area contributed by atoms with E-state index in [0.717, 1.165) is 12.8 Å². The van der Waals surface area contributed by atoms with Gasteiger partial charge in [-0.2, -0.15) is 0 Å². The van der Waals surface area contributed by atoms with Gasteiger partial charge in [0.1, 0.15) is 6.61 Å². The molecule has 5 N–H and O–H groups in total. The molecule has 0 aliphatic heterocycles. The summed E-state index contributed by atoms with van der Waals surface area (Å²) in [6, 6.07) is 0. The Morgan fingerprint density at radius 2 is 1.83 bits per heavy atom. The van der Waals surface area contributed by atoms with Gasteiger partial charge in [-0.3, -0.25) is 4.79 Å². The lowest BCUT2D eigenvalue weighted by Gasteiger charge is -2.63. The zero-order chi connectivity index (χ0) is 25.7. The average Bonchev–Trinajstić information content (AvgIpc) is 3.15. The van der Waals surface area contributed by atoms with Crippen LogP contribution in [0.5, 0.6) is 0 Å². The summed E-state index contributed by atoms with van der Waals surface area (Å²) >= 11 is 0. The van der Waals surface area contributed by atoms with Crippen LogP contribution in [0.25, 0.3) is 0 Å². The smallest absolute Gasteiger partial charge is 0.312 e. The van der Waals surface area contributed by atoms with Gasteiger partial charge in [-0.25, -0.2) is 0 Å². The van der Waals surface area contributed by atoms with Crippen LogP contribution in [0.1, 0.15) is 72.1 Å². The number of ether oxygens (including phenoxy) is 1. The van der Waals surface area contributed by atoms with Crippen LogP contribution >= 0.6 is 8.03 Å². The van der Waals surface area contributed by atoms with E-state index in [9.17, 15) is 29.6 Å². The van der Waals surface area contributed by atoms with E-state index in [1.54, 1.807) is 0 Å². The minimum Gasteiger partial charge on any atom is -0.595 e. The van der Waals surface area contributed by atoms with Crippen molar-refractivity contribution in [2.24, 2.45) is 52.1 Å². The molecular weight excluding hydrogens is 469 g/mol. The maximum Gasteiger partial charge on any atom is 0.312 e. The predicted molar refractivity (Wildman–Crippen MR) is 129 cm³/mol. The second kappa shape index (κ2) is 10.3. The largest absolute Gasteiger partial charge is 0.595 e. The highest BCUT2D eigenvalue weighted by molar-refractivity contribution is 7.37. The van der Waals surface area contributed by atoms with Crippen molar-refractivity contribution in [2.45, 2.75) is 96.1 Å². The molecule has 13 unspecified atom stereocenters.